The summed E-state index contributed by atoms with van der Waals surface area (Å²) in [4.78, 5) is 20.3. The van der Waals surface area contributed by atoms with Crippen LogP contribution in [0.5, 0.6) is 5.75 Å². The SMILES string of the molecule is O=C(O)c1cccc(NS(=O)(=O)c2ccc(O)c([N+](=O)[O-])c2)c1. The number of nitrogens with zero attached hydrogens (tertiary/aromatic N) is 1. The molecule has 0 bridgehead atoms. The monoisotopic (exact) mass is 338 g/mol. The van der Waals surface area contributed by atoms with Crippen molar-refractivity contribution in [1.82, 2.24) is 0 Å². The Bertz CT molecular complexity index is 893. The predicted octanol–water partition coefficient (Wildman–Crippen LogP) is 1.80. The fourth-order valence-electron chi connectivity index (χ4n) is 1.75. The predicted molar refractivity (Wildman–Crippen MR) is 79.0 cm³/mol. The molecule has 2 rings (SSSR count). The second-order valence-corrected chi connectivity index (χ2v) is 6.08. The van der Waals surface area contributed by atoms with Crippen molar-refractivity contribution in [3.63, 3.8) is 0 Å². The number of hydrogen-bond acceptors (Lipinski definition) is 6. The molecule has 0 aliphatic carbocycles. The third kappa shape index (κ3) is 3.55. The Kier molecular flexibility index (Phi) is 4.18. The number of aromatic carboxylic acids is 1. The van der Waals surface area contributed by atoms with Crippen LogP contribution in [0.2, 0.25) is 0 Å². The van der Waals surface area contributed by atoms with Crippen molar-refractivity contribution in [2.75, 3.05) is 4.72 Å². The summed E-state index contributed by atoms with van der Waals surface area (Å²) >= 11 is 0. The van der Waals surface area contributed by atoms with E-state index in [4.69, 9.17) is 5.11 Å². The van der Waals surface area contributed by atoms with E-state index >= 15 is 0 Å². The normalized spacial score (nSPS) is 11.0. The lowest BCUT2D eigenvalue weighted by Crippen LogP contribution is -2.13. The topological polar surface area (TPSA) is 147 Å². The van der Waals surface area contributed by atoms with Crippen LogP contribution in [-0.4, -0.2) is 29.5 Å². The Morgan fingerprint density at radius 2 is 1.87 bits per heavy atom. The Hall–Kier alpha value is -3.14. The van der Waals surface area contributed by atoms with Gasteiger partial charge in [-0.2, -0.15) is 0 Å². The fourth-order valence-corrected chi connectivity index (χ4v) is 2.82. The number of nitrogens with one attached hydrogen (secondary N) is 1. The summed E-state index contributed by atoms with van der Waals surface area (Å²) in [5.41, 5.74) is -0.894. The molecule has 0 saturated carbocycles. The molecule has 0 aromatic heterocycles. The van der Waals surface area contributed by atoms with E-state index in [1.54, 1.807) is 0 Å². The molecule has 2 aromatic rings. The van der Waals surface area contributed by atoms with Crippen LogP contribution in [0.4, 0.5) is 11.4 Å². The molecule has 0 radical (unpaired) electrons. The number of benzene rings is 2. The van der Waals surface area contributed by atoms with E-state index in [1.165, 1.54) is 18.2 Å². The highest BCUT2D eigenvalue weighted by molar-refractivity contribution is 7.92. The van der Waals surface area contributed by atoms with Crippen LogP contribution in [0.3, 0.4) is 0 Å². The molecule has 120 valence electrons. The van der Waals surface area contributed by atoms with E-state index in [0.29, 0.717) is 6.07 Å². The summed E-state index contributed by atoms with van der Waals surface area (Å²) in [6, 6.07) is 7.66. The Balaban J connectivity index is 2.40. The molecule has 0 aliphatic heterocycles. The molecule has 0 saturated heterocycles. The third-order valence-electron chi connectivity index (χ3n) is 2.82. The number of nitro benzene ring substituents is 1. The highest BCUT2D eigenvalue weighted by Gasteiger charge is 2.21. The minimum Gasteiger partial charge on any atom is -0.502 e. The van der Waals surface area contributed by atoms with Crippen molar-refractivity contribution in [1.29, 1.82) is 0 Å². The number of carbonyl (C=O) groups is 1. The number of hydrogen-bond donors (Lipinski definition) is 3. The van der Waals surface area contributed by atoms with Gasteiger partial charge in [-0.15, -0.1) is 0 Å². The van der Waals surface area contributed by atoms with Gasteiger partial charge < -0.3 is 10.2 Å². The molecule has 23 heavy (non-hydrogen) atoms. The van der Waals surface area contributed by atoms with Gasteiger partial charge in [0.25, 0.3) is 10.0 Å². The molecule has 0 unspecified atom stereocenters. The minimum atomic E-state index is -4.19. The summed E-state index contributed by atoms with van der Waals surface area (Å²) in [7, 11) is -4.19. The molecule has 2 aromatic carbocycles. The highest BCUT2D eigenvalue weighted by atomic mass is 32.2. The maximum Gasteiger partial charge on any atom is 0.335 e. The van der Waals surface area contributed by atoms with Gasteiger partial charge in [0.1, 0.15) is 0 Å². The fraction of sp³-hybridized carbons (Fsp3) is 0. The molecule has 0 aliphatic rings. The zero-order valence-electron chi connectivity index (χ0n) is 11.3. The molecule has 0 atom stereocenters. The van der Waals surface area contributed by atoms with Gasteiger partial charge in [-0.25, -0.2) is 13.2 Å². The summed E-state index contributed by atoms with van der Waals surface area (Å²) in [6.45, 7) is 0. The number of nitro groups is 1. The van der Waals surface area contributed by atoms with E-state index in [-0.39, 0.29) is 11.3 Å². The summed E-state index contributed by atoms with van der Waals surface area (Å²) in [6.07, 6.45) is 0. The molecular formula is C13H10N2O7S. The van der Waals surface area contributed by atoms with Gasteiger partial charge in [-0.1, -0.05) is 6.07 Å². The van der Waals surface area contributed by atoms with Crippen LogP contribution in [0.15, 0.2) is 47.4 Å². The second-order valence-electron chi connectivity index (χ2n) is 4.40. The smallest absolute Gasteiger partial charge is 0.335 e. The lowest BCUT2D eigenvalue weighted by molar-refractivity contribution is -0.386. The summed E-state index contributed by atoms with van der Waals surface area (Å²) < 4.78 is 26.5. The van der Waals surface area contributed by atoms with Gasteiger partial charge in [0.15, 0.2) is 5.75 Å². The number of aromatic hydroxyl groups is 1. The maximum absolute atomic E-state index is 12.2. The number of phenols is 1. The van der Waals surface area contributed by atoms with Gasteiger partial charge in [0.05, 0.1) is 15.4 Å². The van der Waals surface area contributed by atoms with E-state index in [0.717, 1.165) is 18.2 Å². The number of carboxylic acids is 1. The van der Waals surface area contributed by atoms with Crippen LogP contribution in [-0.2, 0) is 10.0 Å². The lowest BCUT2D eigenvalue weighted by atomic mass is 10.2. The van der Waals surface area contributed by atoms with Crippen LogP contribution >= 0.6 is 0 Å². The Morgan fingerprint density at radius 3 is 2.48 bits per heavy atom. The van der Waals surface area contributed by atoms with Crippen LogP contribution in [0, 0.1) is 10.1 Å². The van der Waals surface area contributed by atoms with Crippen molar-refractivity contribution in [2.24, 2.45) is 0 Å². The van der Waals surface area contributed by atoms with E-state index in [2.05, 4.69) is 4.72 Å². The van der Waals surface area contributed by atoms with Crippen molar-refractivity contribution in [2.45, 2.75) is 4.90 Å². The van der Waals surface area contributed by atoms with E-state index < -0.39 is 37.2 Å². The number of carboxylic acid groups (broad SMARTS) is 1. The van der Waals surface area contributed by atoms with Gasteiger partial charge in [-0.3, -0.25) is 14.8 Å². The minimum absolute atomic E-state index is 0.0133. The number of anilines is 1. The molecule has 0 fully saturated rings. The summed E-state index contributed by atoms with van der Waals surface area (Å²) in [5.74, 6) is -1.90. The molecule has 9 nitrogen and oxygen atoms in total. The Morgan fingerprint density at radius 1 is 1.17 bits per heavy atom. The van der Waals surface area contributed by atoms with Gasteiger partial charge >= 0.3 is 11.7 Å². The average Bonchev–Trinajstić information content (AvgIpc) is 2.46. The average molecular weight is 338 g/mol. The van der Waals surface area contributed by atoms with Gasteiger partial charge in [0, 0.05) is 11.8 Å². The molecule has 0 heterocycles. The largest absolute Gasteiger partial charge is 0.502 e. The molecule has 0 amide bonds. The number of phenolic OH excluding ortho intramolecular Hbond substituents is 1. The first-order chi connectivity index (χ1) is 10.7. The first-order valence-electron chi connectivity index (χ1n) is 6.04. The van der Waals surface area contributed by atoms with Crippen molar-refractivity contribution >= 4 is 27.4 Å². The highest BCUT2D eigenvalue weighted by Crippen LogP contribution is 2.29. The van der Waals surface area contributed by atoms with Crippen molar-refractivity contribution in [3.05, 3.63) is 58.1 Å². The third-order valence-corrected chi connectivity index (χ3v) is 4.19. The molecule has 10 heteroatoms. The van der Waals surface area contributed by atoms with Crippen molar-refractivity contribution < 1.29 is 28.3 Å². The molecule has 0 spiro atoms. The first kappa shape index (κ1) is 16.2. The quantitative estimate of drug-likeness (QED) is 0.556. The zero-order chi connectivity index (χ0) is 17.2. The van der Waals surface area contributed by atoms with Crippen LogP contribution < -0.4 is 4.72 Å². The molecule has 3 N–H and O–H groups in total. The number of sulfonamides is 1. The van der Waals surface area contributed by atoms with Gasteiger partial charge in [-0.05, 0) is 30.3 Å². The van der Waals surface area contributed by atoms with Gasteiger partial charge in [0.2, 0.25) is 0 Å². The zero-order valence-corrected chi connectivity index (χ0v) is 12.1. The molecular weight excluding hydrogens is 328 g/mol. The second kappa shape index (κ2) is 5.93. The number of rotatable bonds is 5. The van der Waals surface area contributed by atoms with Crippen LogP contribution in [0.25, 0.3) is 0 Å². The first-order valence-corrected chi connectivity index (χ1v) is 7.52. The Labute approximate surface area is 130 Å². The maximum atomic E-state index is 12.2. The standard InChI is InChI=1S/C13H10N2O7S/c16-12-5-4-10(7-11(12)15(19)20)23(21,22)14-9-3-1-2-8(6-9)13(17)18/h1-7,14,16H,(H,17,18). The van der Waals surface area contributed by atoms with Crippen molar-refractivity contribution in [3.8, 4) is 5.75 Å². The van der Waals surface area contributed by atoms with Crippen LogP contribution in [0.1, 0.15) is 10.4 Å². The summed E-state index contributed by atoms with van der Waals surface area (Å²) in [5, 5.41) is 29.0. The van der Waals surface area contributed by atoms with E-state index in [9.17, 15) is 28.4 Å². The lowest BCUT2D eigenvalue weighted by Gasteiger charge is -2.09. The van der Waals surface area contributed by atoms with E-state index in [1.807, 2.05) is 0 Å².